The van der Waals surface area contributed by atoms with Crippen LogP contribution in [0.3, 0.4) is 0 Å². The Hall–Kier alpha value is -2.75. The van der Waals surface area contributed by atoms with Crippen LogP contribution >= 0.6 is 0 Å². The molecular formula is C27H26IrN4-2. The molecule has 0 atom stereocenters. The molecule has 3 aromatic carbocycles. The SMILES string of the molecule is CC(C)c1c[c-]c(N2[CH-]N(c3ccc(C(C)C)cc3)c3nc4ccccc4nc32)cc1.[Ir]. The molecular weight excluding hydrogens is 573 g/mol. The third-order valence-electron chi connectivity index (χ3n) is 5.81. The van der Waals surface area contributed by atoms with E-state index in [9.17, 15) is 0 Å². The summed E-state index contributed by atoms with van der Waals surface area (Å²) in [5, 5.41) is 0. The van der Waals surface area contributed by atoms with Crippen LogP contribution in [0, 0.1) is 12.7 Å². The number of hydrogen-bond acceptors (Lipinski definition) is 4. The molecule has 0 fully saturated rings. The van der Waals surface area contributed by atoms with Crippen LogP contribution in [-0.2, 0) is 20.1 Å². The van der Waals surface area contributed by atoms with E-state index < -0.39 is 0 Å². The van der Waals surface area contributed by atoms with Crippen molar-refractivity contribution in [1.29, 1.82) is 0 Å². The van der Waals surface area contributed by atoms with Crippen molar-refractivity contribution in [3.8, 4) is 0 Å². The number of benzene rings is 3. The summed E-state index contributed by atoms with van der Waals surface area (Å²) in [6, 6.07) is 26.5. The Morgan fingerprint density at radius 3 is 1.81 bits per heavy atom. The molecule has 0 unspecified atom stereocenters. The summed E-state index contributed by atoms with van der Waals surface area (Å²) >= 11 is 0. The molecule has 0 spiro atoms. The Kier molecular flexibility index (Phi) is 6.32. The molecule has 4 aromatic rings. The molecule has 0 aliphatic carbocycles. The third kappa shape index (κ3) is 4.03. The van der Waals surface area contributed by atoms with Gasteiger partial charge in [-0.05, 0) is 35.7 Å². The fraction of sp³-hybridized carbons (Fsp3) is 0.222. The van der Waals surface area contributed by atoms with Crippen LogP contribution in [0.1, 0.15) is 50.7 Å². The van der Waals surface area contributed by atoms with Crippen molar-refractivity contribution in [1.82, 2.24) is 9.97 Å². The molecule has 0 amide bonds. The topological polar surface area (TPSA) is 32.3 Å². The summed E-state index contributed by atoms with van der Waals surface area (Å²) in [6.45, 7) is 10.9. The van der Waals surface area contributed by atoms with Crippen molar-refractivity contribution in [2.24, 2.45) is 0 Å². The average Bonchev–Trinajstić information content (AvgIpc) is 3.16. The van der Waals surface area contributed by atoms with E-state index in [-0.39, 0.29) is 20.1 Å². The molecule has 0 saturated heterocycles. The van der Waals surface area contributed by atoms with E-state index in [0.717, 1.165) is 34.0 Å². The first kappa shape index (κ1) is 22.4. The van der Waals surface area contributed by atoms with Gasteiger partial charge in [0, 0.05) is 25.8 Å². The smallest absolute Gasteiger partial charge is 0.146 e. The maximum Gasteiger partial charge on any atom is 0.146 e. The summed E-state index contributed by atoms with van der Waals surface area (Å²) in [4.78, 5) is 14.1. The first-order valence-corrected chi connectivity index (χ1v) is 10.8. The Bertz CT molecular complexity index is 1120. The van der Waals surface area contributed by atoms with Crippen LogP contribution in [0.4, 0.5) is 23.0 Å². The monoisotopic (exact) mass is 599 g/mol. The molecule has 32 heavy (non-hydrogen) atoms. The fourth-order valence-electron chi connectivity index (χ4n) is 3.85. The van der Waals surface area contributed by atoms with E-state index in [1.807, 2.05) is 24.3 Å². The molecule has 5 rings (SSSR count). The van der Waals surface area contributed by atoms with Gasteiger partial charge >= 0.3 is 0 Å². The second-order valence-electron chi connectivity index (χ2n) is 8.62. The summed E-state index contributed by atoms with van der Waals surface area (Å²) < 4.78 is 0. The first-order valence-electron chi connectivity index (χ1n) is 10.8. The summed E-state index contributed by atoms with van der Waals surface area (Å²) in [5.41, 5.74) is 6.39. The largest absolute Gasteiger partial charge is 0.477 e. The predicted molar refractivity (Wildman–Crippen MR) is 128 cm³/mol. The van der Waals surface area contributed by atoms with Crippen LogP contribution < -0.4 is 9.80 Å². The molecule has 1 aromatic heterocycles. The van der Waals surface area contributed by atoms with Crippen molar-refractivity contribution in [3.63, 3.8) is 0 Å². The molecule has 165 valence electrons. The minimum atomic E-state index is 0. The second-order valence-corrected chi connectivity index (χ2v) is 8.62. The molecule has 1 aliphatic heterocycles. The normalized spacial score (nSPS) is 13.1. The number of fused-ring (bicyclic) bond motifs is 2. The molecule has 2 heterocycles. The van der Waals surface area contributed by atoms with Crippen molar-refractivity contribution in [3.05, 3.63) is 90.6 Å². The minimum absolute atomic E-state index is 0. The molecule has 1 aliphatic rings. The molecule has 5 heteroatoms. The zero-order chi connectivity index (χ0) is 21.5. The number of rotatable bonds is 4. The second kappa shape index (κ2) is 9.01. The van der Waals surface area contributed by atoms with Crippen LogP contribution in [0.2, 0.25) is 0 Å². The van der Waals surface area contributed by atoms with Crippen molar-refractivity contribution in [2.45, 2.75) is 39.5 Å². The molecule has 1 radical (unpaired) electrons. The van der Waals surface area contributed by atoms with Crippen LogP contribution in [0.25, 0.3) is 11.0 Å². The van der Waals surface area contributed by atoms with Crippen molar-refractivity contribution in [2.75, 3.05) is 9.80 Å². The zero-order valence-corrected chi connectivity index (χ0v) is 21.1. The molecule has 0 N–H and O–H groups in total. The summed E-state index contributed by atoms with van der Waals surface area (Å²) in [5.74, 6) is 2.62. The standard InChI is InChI=1S/C27H26N4.Ir/c1-18(2)20-9-13-22(14-10-20)30-17-31(23-15-11-21(12-16-23)19(3)4)27-26(30)28-24-7-5-6-8-25(24)29-27;/h5-15,17-19H,1-4H3;/q-2;. The maximum atomic E-state index is 4.97. The Labute approximate surface area is 203 Å². The fourth-order valence-corrected chi connectivity index (χ4v) is 3.85. The number of hydrogen-bond donors (Lipinski definition) is 0. The van der Waals surface area contributed by atoms with Gasteiger partial charge in [0.2, 0.25) is 0 Å². The van der Waals surface area contributed by atoms with E-state index in [2.05, 4.69) is 92.7 Å². The molecule has 0 bridgehead atoms. The quantitative estimate of drug-likeness (QED) is 0.235. The summed E-state index contributed by atoms with van der Waals surface area (Å²) in [6.07, 6.45) is 0. The van der Waals surface area contributed by atoms with Gasteiger partial charge in [-0.25, -0.2) is 9.97 Å². The van der Waals surface area contributed by atoms with Crippen LogP contribution in [0.5, 0.6) is 0 Å². The maximum absolute atomic E-state index is 4.97. The van der Waals surface area contributed by atoms with Gasteiger partial charge in [-0.15, -0.1) is 18.4 Å². The summed E-state index contributed by atoms with van der Waals surface area (Å²) in [7, 11) is 0. The van der Waals surface area contributed by atoms with Gasteiger partial charge in [-0.3, -0.25) is 0 Å². The van der Waals surface area contributed by atoms with Gasteiger partial charge in [0.05, 0.1) is 11.0 Å². The number of para-hydroxylation sites is 2. The van der Waals surface area contributed by atoms with E-state index in [4.69, 9.17) is 9.97 Å². The number of aromatic nitrogens is 2. The Morgan fingerprint density at radius 1 is 0.719 bits per heavy atom. The first-order chi connectivity index (χ1) is 15.0. The third-order valence-corrected chi connectivity index (χ3v) is 5.81. The minimum Gasteiger partial charge on any atom is -0.477 e. The molecule has 4 nitrogen and oxygen atoms in total. The Morgan fingerprint density at radius 2 is 1.28 bits per heavy atom. The van der Waals surface area contributed by atoms with Crippen LogP contribution in [0.15, 0.2) is 66.7 Å². The van der Waals surface area contributed by atoms with Gasteiger partial charge in [0.15, 0.2) is 0 Å². The van der Waals surface area contributed by atoms with Gasteiger partial charge in [-0.2, -0.15) is 23.8 Å². The van der Waals surface area contributed by atoms with Gasteiger partial charge in [0.25, 0.3) is 0 Å². The van der Waals surface area contributed by atoms with E-state index in [0.29, 0.717) is 11.8 Å². The molecule has 0 saturated carbocycles. The van der Waals surface area contributed by atoms with Gasteiger partial charge < -0.3 is 9.80 Å². The van der Waals surface area contributed by atoms with Gasteiger partial charge in [-0.1, -0.05) is 57.9 Å². The predicted octanol–water partition coefficient (Wildman–Crippen LogP) is 7.08. The van der Waals surface area contributed by atoms with Crippen LogP contribution in [-0.4, -0.2) is 9.97 Å². The number of anilines is 4. The van der Waals surface area contributed by atoms with E-state index in [1.54, 1.807) is 0 Å². The number of nitrogens with zero attached hydrogens (tertiary/aromatic N) is 4. The Balaban J connectivity index is 0.00000245. The zero-order valence-electron chi connectivity index (χ0n) is 18.7. The van der Waals surface area contributed by atoms with Crippen molar-refractivity contribution < 1.29 is 20.1 Å². The van der Waals surface area contributed by atoms with Gasteiger partial charge in [0.1, 0.15) is 11.6 Å². The average molecular weight is 599 g/mol. The van der Waals surface area contributed by atoms with E-state index >= 15 is 0 Å². The van der Waals surface area contributed by atoms with Crippen molar-refractivity contribution >= 4 is 34.0 Å². The van der Waals surface area contributed by atoms with E-state index in [1.165, 1.54) is 11.1 Å².